The summed E-state index contributed by atoms with van der Waals surface area (Å²) < 4.78 is 18.5. The van der Waals surface area contributed by atoms with Gasteiger partial charge in [0.05, 0.1) is 25.4 Å². The summed E-state index contributed by atoms with van der Waals surface area (Å²) in [6, 6.07) is 6.15. The van der Waals surface area contributed by atoms with E-state index in [1.807, 2.05) is 49.5 Å². The molecule has 1 saturated heterocycles. The number of methoxy groups -OCH3 is 2. The quantitative estimate of drug-likeness (QED) is 0.348. The summed E-state index contributed by atoms with van der Waals surface area (Å²) in [7, 11) is 5.20. The molecule has 1 amide bonds. The van der Waals surface area contributed by atoms with Crippen LogP contribution < -0.4 is 14.8 Å². The molecule has 4 aromatic rings. The molecule has 39 heavy (non-hydrogen) atoms. The molecule has 5 rings (SSSR count). The number of carbonyl (C=O) groups is 1. The van der Waals surface area contributed by atoms with Crippen molar-refractivity contribution < 1.29 is 19.0 Å². The maximum Gasteiger partial charge on any atom is 0.410 e. The Morgan fingerprint density at radius 2 is 1.95 bits per heavy atom. The number of fused-ring (bicyclic) bond motifs is 2. The molecule has 10 heteroatoms. The molecular weight excluding hydrogens is 496 g/mol. The molecule has 0 atom stereocenters. The van der Waals surface area contributed by atoms with Crippen LogP contribution in [0.15, 0.2) is 30.6 Å². The second-order valence-electron chi connectivity index (χ2n) is 11.2. The van der Waals surface area contributed by atoms with Crippen LogP contribution in [0, 0.1) is 5.92 Å². The first kappa shape index (κ1) is 26.8. The van der Waals surface area contributed by atoms with Gasteiger partial charge < -0.3 is 34.0 Å². The fourth-order valence-corrected chi connectivity index (χ4v) is 5.19. The summed E-state index contributed by atoms with van der Waals surface area (Å²) in [6.45, 7) is 8.81. The molecule has 2 N–H and O–H groups in total. The van der Waals surface area contributed by atoms with Gasteiger partial charge in [0.15, 0.2) is 5.75 Å². The number of likely N-dealkylation sites (tertiary alicyclic amines) is 1. The molecule has 0 aliphatic carbocycles. The van der Waals surface area contributed by atoms with E-state index in [0.717, 1.165) is 72.3 Å². The molecular formula is C29H38N6O4. The lowest BCUT2D eigenvalue weighted by Gasteiger charge is -2.33. The number of aromatic amines is 1. The number of rotatable bonds is 7. The number of ether oxygens (including phenoxy) is 3. The molecule has 10 nitrogen and oxygen atoms in total. The zero-order valence-electron chi connectivity index (χ0n) is 23.6. The zero-order chi connectivity index (χ0) is 27.7. The number of carbonyl (C=O) groups excluding carboxylic acids is 1. The highest BCUT2D eigenvalue weighted by molar-refractivity contribution is 5.96. The summed E-state index contributed by atoms with van der Waals surface area (Å²) in [6.07, 6.45) is 5.62. The number of nitrogens with one attached hydrogen (secondary N) is 2. The van der Waals surface area contributed by atoms with Crippen molar-refractivity contribution >= 4 is 28.2 Å². The monoisotopic (exact) mass is 534 g/mol. The molecule has 5 heterocycles. The van der Waals surface area contributed by atoms with Crippen LogP contribution in [0.3, 0.4) is 0 Å². The average Bonchev–Trinajstić information content (AvgIpc) is 3.48. The van der Waals surface area contributed by atoms with Crippen LogP contribution in [0.1, 0.15) is 39.2 Å². The average molecular weight is 535 g/mol. The lowest BCUT2D eigenvalue weighted by atomic mass is 9.97. The molecule has 0 aromatic carbocycles. The molecule has 0 radical (unpaired) electrons. The first-order valence-corrected chi connectivity index (χ1v) is 13.4. The Hall–Kier alpha value is -3.79. The van der Waals surface area contributed by atoms with Crippen LogP contribution in [-0.2, 0) is 18.3 Å². The highest BCUT2D eigenvalue weighted by Crippen LogP contribution is 2.36. The smallest absolute Gasteiger partial charge is 0.410 e. The minimum absolute atomic E-state index is 0.213. The van der Waals surface area contributed by atoms with Gasteiger partial charge in [-0.15, -0.1) is 0 Å². The van der Waals surface area contributed by atoms with E-state index < -0.39 is 5.60 Å². The number of H-pyrrole nitrogens is 1. The van der Waals surface area contributed by atoms with E-state index in [-0.39, 0.29) is 6.09 Å². The van der Waals surface area contributed by atoms with Gasteiger partial charge in [-0.2, -0.15) is 0 Å². The summed E-state index contributed by atoms with van der Waals surface area (Å²) in [5, 5.41) is 4.71. The van der Waals surface area contributed by atoms with Crippen LogP contribution >= 0.6 is 0 Å². The van der Waals surface area contributed by atoms with Crippen molar-refractivity contribution in [3.8, 4) is 22.9 Å². The molecule has 0 spiro atoms. The van der Waals surface area contributed by atoms with E-state index in [9.17, 15) is 4.79 Å². The van der Waals surface area contributed by atoms with Gasteiger partial charge in [-0.05, 0) is 63.8 Å². The first-order valence-electron chi connectivity index (χ1n) is 13.4. The number of hydrogen-bond acceptors (Lipinski definition) is 7. The van der Waals surface area contributed by atoms with Crippen molar-refractivity contribution in [2.75, 3.05) is 33.9 Å². The van der Waals surface area contributed by atoms with Gasteiger partial charge in [-0.25, -0.2) is 14.8 Å². The summed E-state index contributed by atoms with van der Waals surface area (Å²) >= 11 is 0. The maximum atomic E-state index is 12.3. The lowest BCUT2D eigenvalue weighted by Crippen LogP contribution is -2.43. The highest BCUT2D eigenvalue weighted by atomic mass is 16.6. The highest BCUT2D eigenvalue weighted by Gasteiger charge is 2.26. The number of aromatic nitrogens is 4. The van der Waals surface area contributed by atoms with Crippen molar-refractivity contribution in [3.05, 3.63) is 36.2 Å². The Balaban J connectivity index is 1.27. The number of amides is 1. The Morgan fingerprint density at radius 3 is 2.64 bits per heavy atom. The van der Waals surface area contributed by atoms with Crippen molar-refractivity contribution in [1.82, 2.24) is 29.7 Å². The molecule has 1 fully saturated rings. The normalized spacial score (nSPS) is 14.8. The van der Waals surface area contributed by atoms with Crippen molar-refractivity contribution in [2.45, 2.75) is 45.8 Å². The predicted octanol–water partition coefficient (Wildman–Crippen LogP) is 4.87. The van der Waals surface area contributed by atoms with Gasteiger partial charge in [0.1, 0.15) is 16.8 Å². The SMILES string of the molecule is COc1cc2c(nc1OC)c(-c1cc3c(CNCC4CCN(C(=O)OC(C)(C)C)CC4)ccnc3[nH]1)cn2C. The van der Waals surface area contributed by atoms with Crippen LogP contribution in [0.2, 0.25) is 0 Å². The summed E-state index contributed by atoms with van der Waals surface area (Å²) in [5.41, 5.74) is 5.27. The maximum absolute atomic E-state index is 12.3. The number of piperidine rings is 1. The number of pyridine rings is 2. The third-order valence-electron chi connectivity index (χ3n) is 7.23. The van der Waals surface area contributed by atoms with E-state index in [0.29, 0.717) is 17.5 Å². The van der Waals surface area contributed by atoms with Gasteiger partial charge in [-0.1, -0.05) is 0 Å². The van der Waals surface area contributed by atoms with E-state index in [1.165, 1.54) is 5.56 Å². The van der Waals surface area contributed by atoms with Crippen molar-refractivity contribution in [1.29, 1.82) is 0 Å². The second-order valence-corrected chi connectivity index (χ2v) is 11.2. The van der Waals surface area contributed by atoms with Gasteiger partial charge in [0.2, 0.25) is 0 Å². The number of hydrogen-bond donors (Lipinski definition) is 2. The lowest BCUT2D eigenvalue weighted by molar-refractivity contribution is 0.0184. The minimum Gasteiger partial charge on any atom is -0.491 e. The van der Waals surface area contributed by atoms with Crippen molar-refractivity contribution in [2.24, 2.45) is 13.0 Å². The van der Waals surface area contributed by atoms with Crippen LogP contribution in [0.4, 0.5) is 4.79 Å². The summed E-state index contributed by atoms with van der Waals surface area (Å²) in [4.78, 5) is 27.0. The minimum atomic E-state index is -0.464. The van der Waals surface area contributed by atoms with Gasteiger partial charge >= 0.3 is 6.09 Å². The Kier molecular flexibility index (Phi) is 7.40. The van der Waals surface area contributed by atoms with Crippen LogP contribution in [0.5, 0.6) is 11.6 Å². The Bertz CT molecular complexity index is 1480. The van der Waals surface area contributed by atoms with Gasteiger partial charge in [0.25, 0.3) is 5.88 Å². The third-order valence-corrected chi connectivity index (χ3v) is 7.23. The number of aryl methyl sites for hydroxylation is 1. The van der Waals surface area contributed by atoms with Crippen LogP contribution in [-0.4, -0.2) is 70.0 Å². The number of nitrogens with zero attached hydrogens (tertiary/aromatic N) is 4. The van der Waals surface area contributed by atoms with E-state index >= 15 is 0 Å². The first-order chi connectivity index (χ1) is 18.7. The van der Waals surface area contributed by atoms with Crippen molar-refractivity contribution in [3.63, 3.8) is 0 Å². The molecule has 0 bridgehead atoms. The molecule has 0 unspecified atom stereocenters. The Morgan fingerprint density at radius 1 is 1.18 bits per heavy atom. The van der Waals surface area contributed by atoms with Gasteiger partial charge in [0, 0.05) is 56.1 Å². The largest absolute Gasteiger partial charge is 0.491 e. The molecule has 1 aliphatic heterocycles. The topological polar surface area (TPSA) is 107 Å². The van der Waals surface area contributed by atoms with E-state index in [1.54, 1.807) is 14.2 Å². The molecule has 1 aliphatic rings. The molecule has 4 aromatic heterocycles. The second kappa shape index (κ2) is 10.8. The molecule has 208 valence electrons. The Labute approximate surface area is 228 Å². The fourth-order valence-electron chi connectivity index (χ4n) is 5.19. The van der Waals surface area contributed by atoms with E-state index in [2.05, 4.69) is 33.6 Å². The molecule has 0 saturated carbocycles. The van der Waals surface area contributed by atoms with E-state index in [4.69, 9.17) is 19.2 Å². The fraction of sp³-hybridized carbons (Fsp3) is 0.483. The predicted molar refractivity (Wildman–Crippen MR) is 151 cm³/mol. The van der Waals surface area contributed by atoms with Crippen LogP contribution in [0.25, 0.3) is 33.3 Å². The zero-order valence-corrected chi connectivity index (χ0v) is 23.6. The third kappa shape index (κ3) is 5.66. The summed E-state index contributed by atoms with van der Waals surface area (Å²) in [5.74, 6) is 1.57. The van der Waals surface area contributed by atoms with Gasteiger partial charge in [-0.3, -0.25) is 0 Å². The standard InChI is InChI=1S/C29H38N6O4/c1-29(2,3)39-28(36)35-11-8-18(9-12-35)15-30-16-19-7-10-31-26-20(19)13-22(32-26)21-17-34(4)23-14-24(37-5)27(38-6)33-25(21)23/h7,10,13-14,17-18,30H,8-9,11-12,15-16H2,1-6H3,(H,31,32).